The number of rotatable bonds is 6. The SMILES string of the molecule is CC(C)c1nc(NC(=O)c2ccccn2)sc1S(=O)(=O)Cc1ccccc1Cl. The summed E-state index contributed by atoms with van der Waals surface area (Å²) in [6.07, 6.45) is 1.51. The van der Waals surface area contributed by atoms with Crippen LogP contribution in [-0.4, -0.2) is 24.3 Å². The fourth-order valence-electron chi connectivity index (χ4n) is 2.50. The third-order valence-corrected chi connectivity index (χ3v) is 7.50. The number of nitrogens with one attached hydrogen (secondary N) is 1. The highest BCUT2D eigenvalue weighted by Crippen LogP contribution is 2.35. The van der Waals surface area contributed by atoms with Gasteiger partial charge >= 0.3 is 0 Å². The minimum absolute atomic E-state index is 0.132. The number of pyridine rings is 1. The highest BCUT2D eigenvalue weighted by Gasteiger charge is 2.27. The van der Waals surface area contributed by atoms with E-state index in [9.17, 15) is 13.2 Å². The number of halogens is 1. The quantitative estimate of drug-likeness (QED) is 0.613. The largest absolute Gasteiger partial charge is 0.296 e. The van der Waals surface area contributed by atoms with Crippen molar-refractivity contribution in [1.82, 2.24) is 9.97 Å². The monoisotopic (exact) mass is 435 g/mol. The molecule has 0 aliphatic rings. The van der Waals surface area contributed by atoms with Crippen LogP contribution in [0.2, 0.25) is 5.02 Å². The molecule has 0 radical (unpaired) electrons. The molecule has 0 atom stereocenters. The third-order valence-electron chi connectivity index (χ3n) is 3.87. The Kier molecular flexibility index (Phi) is 6.12. The van der Waals surface area contributed by atoms with Gasteiger partial charge < -0.3 is 0 Å². The number of anilines is 1. The Labute approximate surface area is 172 Å². The zero-order valence-electron chi connectivity index (χ0n) is 15.2. The molecule has 0 unspecified atom stereocenters. The van der Waals surface area contributed by atoms with Gasteiger partial charge in [0.1, 0.15) is 9.90 Å². The zero-order valence-corrected chi connectivity index (χ0v) is 17.6. The molecule has 0 aliphatic heterocycles. The summed E-state index contributed by atoms with van der Waals surface area (Å²) in [7, 11) is -3.69. The van der Waals surface area contributed by atoms with Gasteiger partial charge in [-0.3, -0.25) is 15.1 Å². The lowest BCUT2D eigenvalue weighted by molar-refractivity contribution is 0.102. The number of carbonyl (C=O) groups is 1. The number of thiazole rings is 1. The molecule has 0 spiro atoms. The molecule has 28 heavy (non-hydrogen) atoms. The first-order valence-corrected chi connectivity index (χ1v) is 11.3. The Balaban J connectivity index is 1.92. The van der Waals surface area contributed by atoms with Crippen molar-refractivity contribution in [2.24, 2.45) is 0 Å². The number of benzene rings is 1. The zero-order chi connectivity index (χ0) is 20.3. The topological polar surface area (TPSA) is 89.0 Å². The molecular formula is C19H18ClN3O3S2. The number of nitrogens with zero attached hydrogens (tertiary/aromatic N) is 2. The molecule has 3 aromatic rings. The van der Waals surface area contributed by atoms with Crippen molar-refractivity contribution in [3.8, 4) is 0 Å². The van der Waals surface area contributed by atoms with Gasteiger partial charge in [-0.15, -0.1) is 0 Å². The van der Waals surface area contributed by atoms with Crippen molar-refractivity contribution in [2.75, 3.05) is 5.32 Å². The van der Waals surface area contributed by atoms with Crippen molar-refractivity contribution >= 4 is 43.8 Å². The van der Waals surface area contributed by atoms with E-state index in [1.54, 1.807) is 42.5 Å². The Morgan fingerprint density at radius 2 is 1.89 bits per heavy atom. The lowest BCUT2D eigenvalue weighted by atomic mass is 10.2. The van der Waals surface area contributed by atoms with Gasteiger partial charge in [0, 0.05) is 11.2 Å². The maximum absolute atomic E-state index is 13.0. The summed E-state index contributed by atoms with van der Waals surface area (Å²) in [6, 6.07) is 11.8. The fraction of sp³-hybridized carbons (Fsp3) is 0.211. The van der Waals surface area contributed by atoms with Crippen LogP contribution in [0.1, 0.15) is 41.5 Å². The van der Waals surface area contributed by atoms with Gasteiger partial charge in [0.15, 0.2) is 15.0 Å². The second-order valence-electron chi connectivity index (χ2n) is 6.37. The van der Waals surface area contributed by atoms with Crippen molar-refractivity contribution in [3.63, 3.8) is 0 Å². The number of hydrogen-bond donors (Lipinski definition) is 1. The van der Waals surface area contributed by atoms with E-state index >= 15 is 0 Å². The third kappa shape index (κ3) is 4.57. The van der Waals surface area contributed by atoms with Crippen LogP contribution in [0.3, 0.4) is 0 Å². The second-order valence-corrected chi connectivity index (χ2v) is 9.96. The van der Waals surface area contributed by atoms with Crippen LogP contribution in [0, 0.1) is 0 Å². The molecule has 146 valence electrons. The van der Waals surface area contributed by atoms with E-state index in [1.165, 1.54) is 6.20 Å². The summed E-state index contributed by atoms with van der Waals surface area (Å²) in [6.45, 7) is 3.71. The Hall–Kier alpha value is -2.29. The van der Waals surface area contributed by atoms with Gasteiger partial charge in [0.05, 0.1) is 11.4 Å². The summed E-state index contributed by atoms with van der Waals surface area (Å²) in [5.74, 6) is -0.810. The van der Waals surface area contributed by atoms with Crippen LogP contribution >= 0.6 is 22.9 Å². The number of carbonyl (C=O) groups excluding carboxylic acids is 1. The average Bonchev–Trinajstić information content (AvgIpc) is 3.09. The van der Waals surface area contributed by atoms with Crippen LogP contribution in [0.4, 0.5) is 5.13 Å². The molecule has 0 saturated heterocycles. The number of hydrogen-bond acceptors (Lipinski definition) is 6. The van der Waals surface area contributed by atoms with Crippen molar-refractivity contribution in [2.45, 2.75) is 29.7 Å². The van der Waals surface area contributed by atoms with E-state index in [2.05, 4.69) is 15.3 Å². The molecule has 6 nitrogen and oxygen atoms in total. The number of sulfone groups is 1. The Morgan fingerprint density at radius 1 is 1.18 bits per heavy atom. The fourth-order valence-corrected chi connectivity index (χ4v) is 5.95. The molecule has 1 aromatic carbocycles. The average molecular weight is 436 g/mol. The standard InChI is InChI=1S/C19H18ClN3O3S2/c1-12(2)16-18(28(25,26)11-13-7-3-4-8-14(13)20)27-19(22-16)23-17(24)15-9-5-6-10-21-15/h3-10,12H,11H2,1-2H3,(H,22,23,24). The molecule has 9 heteroatoms. The number of amides is 1. The smallest absolute Gasteiger partial charge is 0.276 e. The molecular weight excluding hydrogens is 418 g/mol. The maximum atomic E-state index is 13.0. The molecule has 2 heterocycles. The van der Waals surface area contributed by atoms with Crippen LogP contribution in [0.15, 0.2) is 52.9 Å². The number of aromatic nitrogens is 2. The van der Waals surface area contributed by atoms with E-state index in [0.717, 1.165) is 11.3 Å². The lowest BCUT2D eigenvalue weighted by Crippen LogP contribution is -2.13. The van der Waals surface area contributed by atoms with E-state index in [1.807, 2.05) is 13.8 Å². The molecule has 0 aliphatic carbocycles. The molecule has 0 fully saturated rings. The highest BCUT2D eigenvalue weighted by atomic mass is 35.5. The maximum Gasteiger partial charge on any atom is 0.276 e. The summed E-state index contributed by atoms with van der Waals surface area (Å²) in [4.78, 5) is 20.7. The Bertz CT molecular complexity index is 1100. The minimum atomic E-state index is -3.69. The normalized spacial score (nSPS) is 11.6. The summed E-state index contributed by atoms with van der Waals surface area (Å²) >= 11 is 7.06. The van der Waals surface area contributed by atoms with Crippen molar-refractivity contribution < 1.29 is 13.2 Å². The van der Waals surface area contributed by atoms with Gasteiger partial charge in [-0.1, -0.05) is 61.1 Å². The predicted octanol–water partition coefficient (Wildman–Crippen LogP) is 4.54. The van der Waals surface area contributed by atoms with E-state index < -0.39 is 15.7 Å². The van der Waals surface area contributed by atoms with Gasteiger partial charge in [-0.25, -0.2) is 13.4 Å². The van der Waals surface area contributed by atoms with E-state index in [4.69, 9.17) is 11.6 Å². The van der Waals surface area contributed by atoms with Crippen LogP contribution < -0.4 is 5.32 Å². The molecule has 1 N–H and O–H groups in total. The summed E-state index contributed by atoms with van der Waals surface area (Å²) in [5.41, 5.74) is 1.17. The van der Waals surface area contributed by atoms with Crippen molar-refractivity contribution in [1.29, 1.82) is 0 Å². The highest BCUT2D eigenvalue weighted by molar-refractivity contribution is 7.92. The van der Waals surface area contributed by atoms with Crippen molar-refractivity contribution in [3.05, 3.63) is 70.6 Å². The second kappa shape index (κ2) is 8.38. The van der Waals surface area contributed by atoms with Gasteiger partial charge in [-0.2, -0.15) is 0 Å². The van der Waals surface area contributed by atoms with Gasteiger partial charge in [0.2, 0.25) is 0 Å². The van der Waals surface area contributed by atoms with Gasteiger partial charge in [-0.05, 0) is 29.7 Å². The van der Waals surface area contributed by atoms with Crippen LogP contribution in [0.5, 0.6) is 0 Å². The van der Waals surface area contributed by atoms with Gasteiger partial charge in [0.25, 0.3) is 5.91 Å². The molecule has 3 rings (SSSR count). The molecule has 1 amide bonds. The summed E-state index contributed by atoms with van der Waals surface area (Å²) < 4.78 is 26.2. The minimum Gasteiger partial charge on any atom is -0.296 e. The lowest BCUT2D eigenvalue weighted by Gasteiger charge is -2.07. The van der Waals surface area contributed by atoms with Crippen LogP contribution in [-0.2, 0) is 15.6 Å². The molecule has 0 bridgehead atoms. The van der Waals surface area contributed by atoms with E-state index in [0.29, 0.717) is 16.3 Å². The molecule has 2 aromatic heterocycles. The first-order valence-electron chi connectivity index (χ1n) is 8.47. The first kappa shape index (κ1) is 20.4. The molecule has 0 saturated carbocycles. The summed E-state index contributed by atoms with van der Waals surface area (Å²) in [5, 5.41) is 3.25. The predicted molar refractivity (Wildman–Crippen MR) is 111 cm³/mol. The first-order chi connectivity index (χ1) is 13.3. The van der Waals surface area contributed by atoms with Crippen LogP contribution in [0.25, 0.3) is 0 Å². The van der Waals surface area contributed by atoms with E-state index in [-0.39, 0.29) is 26.7 Å². The Morgan fingerprint density at radius 3 is 2.54 bits per heavy atom.